The summed E-state index contributed by atoms with van der Waals surface area (Å²) in [6.45, 7) is 1.94. The van der Waals surface area contributed by atoms with Crippen LogP contribution in [0.25, 0.3) is 0 Å². The van der Waals surface area contributed by atoms with E-state index in [-0.39, 0.29) is 18.0 Å². The number of hydrogen-bond donors (Lipinski definition) is 4. The molecule has 0 bridgehead atoms. The Hall–Kier alpha value is -1.94. The molecule has 0 aromatic heterocycles. The monoisotopic (exact) mass is 314 g/mol. The zero-order valence-electron chi connectivity index (χ0n) is 11.9. The summed E-state index contributed by atoms with van der Waals surface area (Å²) in [5.41, 5.74) is -0.136. The molecule has 0 amide bonds. The number of nitro groups is 1. The number of rotatable bonds is 5. The first-order chi connectivity index (χ1) is 10.4. The summed E-state index contributed by atoms with van der Waals surface area (Å²) >= 11 is 0. The van der Waals surface area contributed by atoms with Crippen molar-refractivity contribution in [3.63, 3.8) is 0 Å². The normalized spacial score (nSPS) is 28.2. The lowest BCUT2D eigenvalue weighted by Gasteiger charge is -2.35. The highest BCUT2D eigenvalue weighted by Gasteiger charge is 2.38. The van der Waals surface area contributed by atoms with Crippen LogP contribution in [-0.4, -0.2) is 58.0 Å². The number of nitrogens with one attached hydrogen (secondary N) is 1. The molecule has 0 unspecified atom stereocenters. The van der Waals surface area contributed by atoms with Gasteiger partial charge in [0.15, 0.2) is 6.23 Å². The van der Waals surface area contributed by atoms with E-state index in [9.17, 15) is 25.4 Å². The molecule has 0 aliphatic carbocycles. The Bertz CT molecular complexity index is 539. The van der Waals surface area contributed by atoms with Crippen molar-refractivity contribution in [2.45, 2.75) is 31.5 Å². The van der Waals surface area contributed by atoms with Crippen LogP contribution in [0.2, 0.25) is 0 Å². The molecular formula is C13H18N2O7. The maximum atomic E-state index is 11.1. The summed E-state index contributed by atoms with van der Waals surface area (Å²) in [5, 5.41) is 42.6. The van der Waals surface area contributed by atoms with E-state index in [4.69, 9.17) is 9.47 Å². The van der Waals surface area contributed by atoms with E-state index < -0.39 is 29.5 Å². The first-order valence-electron chi connectivity index (χ1n) is 6.77. The highest BCUT2D eigenvalue weighted by molar-refractivity contribution is 5.64. The number of nitrogens with zero attached hydrogens (tertiary/aromatic N) is 1. The molecule has 1 heterocycles. The molecule has 4 N–H and O–H groups in total. The molecule has 1 fully saturated rings. The number of anilines is 1. The molecule has 1 aromatic rings. The third-order valence-corrected chi connectivity index (χ3v) is 3.28. The van der Waals surface area contributed by atoms with E-state index in [1.165, 1.54) is 12.1 Å². The molecule has 0 saturated carbocycles. The van der Waals surface area contributed by atoms with Crippen LogP contribution in [-0.2, 0) is 4.74 Å². The fourth-order valence-electron chi connectivity index (χ4n) is 2.13. The molecule has 1 aliphatic heterocycles. The maximum absolute atomic E-state index is 11.1. The van der Waals surface area contributed by atoms with E-state index in [1.807, 2.05) is 0 Å². The van der Waals surface area contributed by atoms with Crippen molar-refractivity contribution in [2.75, 3.05) is 18.5 Å². The summed E-state index contributed by atoms with van der Waals surface area (Å²) in [5.74, 6) is 0.348. The molecule has 122 valence electrons. The standard InChI is InChI=1S/C13H18N2O7/c1-2-21-7-3-4-8(9(5-7)15(19)20)14-13-12(18)11(17)10(16)6-22-13/h3-5,10-14,16-18H,2,6H2,1H3/t10-,11+,12-,13-/m0/s1. The minimum absolute atomic E-state index is 0.112. The second kappa shape index (κ2) is 6.88. The van der Waals surface area contributed by atoms with Gasteiger partial charge in [0.25, 0.3) is 5.69 Å². The zero-order chi connectivity index (χ0) is 16.3. The van der Waals surface area contributed by atoms with Crippen LogP contribution in [0.3, 0.4) is 0 Å². The van der Waals surface area contributed by atoms with Gasteiger partial charge in [-0.1, -0.05) is 0 Å². The molecule has 22 heavy (non-hydrogen) atoms. The van der Waals surface area contributed by atoms with Gasteiger partial charge in [-0.15, -0.1) is 0 Å². The highest BCUT2D eigenvalue weighted by Crippen LogP contribution is 2.31. The molecule has 9 nitrogen and oxygen atoms in total. The van der Waals surface area contributed by atoms with E-state index in [2.05, 4.69) is 5.32 Å². The predicted octanol–water partition coefficient (Wildman–Crippen LogP) is -0.156. The average molecular weight is 314 g/mol. The van der Waals surface area contributed by atoms with Crippen LogP contribution in [0.1, 0.15) is 6.92 Å². The third-order valence-electron chi connectivity index (χ3n) is 3.28. The summed E-state index contributed by atoms with van der Waals surface area (Å²) in [6.07, 6.45) is -5.10. The lowest BCUT2D eigenvalue weighted by Crippen LogP contribution is -2.55. The molecule has 0 radical (unpaired) electrons. The van der Waals surface area contributed by atoms with Crippen LogP contribution >= 0.6 is 0 Å². The van der Waals surface area contributed by atoms with Gasteiger partial charge in [0.2, 0.25) is 0 Å². The number of aliphatic hydroxyl groups is 3. The second-order valence-corrected chi connectivity index (χ2v) is 4.82. The van der Waals surface area contributed by atoms with Crippen molar-refractivity contribution in [3.05, 3.63) is 28.3 Å². The Kier molecular flexibility index (Phi) is 5.14. The van der Waals surface area contributed by atoms with Crippen molar-refractivity contribution >= 4 is 11.4 Å². The predicted molar refractivity (Wildman–Crippen MR) is 75.6 cm³/mol. The van der Waals surface area contributed by atoms with Gasteiger partial charge in [0, 0.05) is 0 Å². The molecule has 1 saturated heterocycles. The highest BCUT2D eigenvalue weighted by atomic mass is 16.6. The fourth-order valence-corrected chi connectivity index (χ4v) is 2.13. The zero-order valence-corrected chi connectivity index (χ0v) is 11.9. The van der Waals surface area contributed by atoms with Gasteiger partial charge in [-0.3, -0.25) is 10.1 Å². The minimum Gasteiger partial charge on any atom is -0.494 e. The van der Waals surface area contributed by atoms with Gasteiger partial charge in [-0.05, 0) is 19.1 Å². The first-order valence-corrected chi connectivity index (χ1v) is 6.77. The Morgan fingerprint density at radius 2 is 2.14 bits per heavy atom. The van der Waals surface area contributed by atoms with Gasteiger partial charge >= 0.3 is 0 Å². The van der Waals surface area contributed by atoms with Gasteiger partial charge in [0.05, 0.1) is 24.2 Å². The second-order valence-electron chi connectivity index (χ2n) is 4.82. The van der Waals surface area contributed by atoms with Crippen LogP contribution in [0.15, 0.2) is 18.2 Å². The summed E-state index contributed by atoms with van der Waals surface area (Å²) < 4.78 is 10.4. The van der Waals surface area contributed by atoms with Gasteiger partial charge < -0.3 is 30.1 Å². The fraction of sp³-hybridized carbons (Fsp3) is 0.538. The van der Waals surface area contributed by atoms with Crippen LogP contribution in [0, 0.1) is 10.1 Å². The smallest absolute Gasteiger partial charge is 0.296 e. The number of aliphatic hydroxyl groups excluding tert-OH is 3. The Labute approximate surface area is 126 Å². The van der Waals surface area contributed by atoms with Gasteiger partial charge in [-0.2, -0.15) is 0 Å². The minimum atomic E-state index is -1.42. The van der Waals surface area contributed by atoms with Gasteiger partial charge in [-0.25, -0.2) is 0 Å². The number of benzene rings is 1. The van der Waals surface area contributed by atoms with E-state index >= 15 is 0 Å². The van der Waals surface area contributed by atoms with Crippen molar-refractivity contribution in [3.8, 4) is 5.75 Å². The van der Waals surface area contributed by atoms with Crippen molar-refractivity contribution in [2.24, 2.45) is 0 Å². The lowest BCUT2D eigenvalue weighted by molar-refractivity contribution is -0.384. The van der Waals surface area contributed by atoms with Crippen molar-refractivity contribution < 1.29 is 29.7 Å². The number of hydrogen-bond acceptors (Lipinski definition) is 8. The average Bonchev–Trinajstić information content (AvgIpc) is 2.49. The molecule has 9 heteroatoms. The van der Waals surface area contributed by atoms with Crippen LogP contribution < -0.4 is 10.1 Å². The van der Waals surface area contributed by atoms with Crippen LogP contribution in [0.4, 0.5) is 11.4 Å². The van der Waals surface area contributed by atoms with E-state index in [0.717, 1.165) is 0 Å². The topological polar surface area (TPSA) is 134 Å². The maximum Gasteiger partial charge on any atom is 0.296 e. The summed E-state index contributed by atoms with van der Waals surface area (Å²) in [4.78, 5) is 10.5. The first kappa shape index (κ1) is 16.4. The molecular weight excluding hydrogens is 296 g/mol. The summed E-state index contributed by atoms with van der Waals surface area (Å²) in [6, 6.07) is 4.22. The Balaban J connectivity index is 2.20. The molecule has 1 aliphatic rings. The lowest BCUT2D eigenvalue weighted by atomic mass is 10.0. The van der Waals surface area contributed by atoms with Crippen LogP contribution in [0.5, 0.6) is 5.75 Å². The van der Waals surface area contributed by atoms with E-state index in [1.54, 1.807) is 13.0 Å². The number of nitro benzene ring substituents is 1. The summed E-state index contributed by atoms with van der Waals surface area (Å²) in [7, 11) is 0. The van der Waals surface area contributed by atoms with Crippen molar-refractivity contribution in [1.82, 2.24) is 0 Å². The Morgan fingerprint density at radius 3 is 2.77 bits per heavy atom. The Morgan fingerprint density at radius 1 is 1.41 bits per heavy atom. The van der Waals surface area contributed by atoms with Gasteiger partial charge in [0.1, 0.15) is 29.7 Å². The molecule has 2 rings (SSSR count). The molecule has 4 atom stereocenters. The largest absolute Gasteiger partial charge is 0.494 e. The van der Waals surface area contributed by atoms with E-state index in [0.29, 0.717) is 12.4 Å². The van der Waals surface area contributed by atoms with Crippen molar-refractivity contribution in [1.29, 1.82) is 0 Å². The molecule has 0 spiro atoms. The third kappa shape index (κ3) is 3.45. The quantitative estimate of drug-likeness (QED) is 0.435. The number of ether oxygens (including phenoxy) is 2. The SMILES string of the molecule is CCOc1ccc(N[C@H]2OC[C@H](O)[C@@H](O)[C@@H]2O)c([N+](=O)[O-])c1. The molecule has 1 aromatic carbocycles.